The first kappa shape index (κ1) is 14.2. The number of benzene rings is 1. The molecule has 0 saturated carbocycles. The first-order chi connectivity index (χ1) is 9.52. The van der Waals surface area contributed by atoms with Gasteiger partial charge in [0.05, 0.1) is 11.8 Å². The number of amides is 1. The van der Waals surface area contributed by atoms with E-state index in [1.807, 2.05) is 13.1 Å². The van der Waals surface area contributed by atoms with E-state index in [0.29, 0.717) is 0 Å². The van der Waals surface area contributed by atoms with E-state index in [0.717, 1.165) is 18.2 Å². The van der Waals surface area contributed by atoms with Crippen LogP contribution < -0.4 is 0 Å². The average Bonchev–Trinajstić information content (AvgIpc) is 2.88. The molecule has 0 aliphatic carbocycles. The Hall–Kier alpha value is -2.24. The normalized spacial score (nSPS) is 10.6. The van der Waals surface area contributed by atoms with Crippen molar-refractivity contribution in [3.05, 3.63) is 53.4 Å². The van der Waals surface area contributed by atoms with Gasteiger partial charge in [0, 0.05) is 31.9 Å². The monoisotopic (exact) mass is 279 g/mol. The zero-order chi connectivity index (χ0) is 14.7. The Morgan fingerprint density at radius 3 is 2.80 bits per heavy atom. The SMILES string of the molecule is CCn1cc(CN(C)C(=O)c2cccc(F)c2F)cn1. The van der Waals surface area contributed by atoms with Crippen LogP contribution in [-0.2, 0) is 13.1 Å². The van der Waals surface area contributed by atoms with Crippen LogP contribution in [0.2, 0.25) is 0 Å². The minimum absolute atomic E-state index is 0.268. The summed E-state index contributed by atoms with van der Waals surface area (Å²) in [6.07, 6.45) is 3.46. The summed E-state index contributed by atoms with van der Waals surface area (Å²) in [4.78, 5) is 13.4. The predicted molar refractivity (Wildman–Crippen MR) is 70.1 cm³/mol. The summed E-state index contributed by atoms with van der Waals surface area (Å²) >= 11 is 0. The molecule has 2 rings (SSSR count). The summed E-state index contributed by atoms with van der Waals surface area (Å²) in [5, 5.41) is 4.10. The molecule has 106 valence electrons. The number of carbonyl (C=O) groups is 1. The van der Waals surface area contributed by atoms with Crippen molar-refractivity contribution in [3.8, 4) is 0 Å². The summed E-state index contributed by atoms with van der Waals surface area (Å²) in [5.74, 6) is -2.71. The van der Waals surface area contributed by atoms with Crippen molar-refractivity contribution < 1.29 is 13.6 Å². The van der Waals surface area contributed by atoms with Crippen molar-refractivity contribution in [3.63, 3.8) is 0 Å². The fourth-order valence-electron chi connectivity index (χ4n) is 1.88. The summed E-state index contributed by atoms with van der Waals surface area (Å²) < 4.78 is 28.4. The standard InChI is InChI=1S/C14H15F2N3O/c1-3-19-9-10(7-17-19)8-18(2)14(20)11-5-4-6-12(15)13(11)16/h4-7,9H,3,8H2,1-2H3. The molecule has 2 aromatic rings. The van der Waals surface area contributed by atoms with E-state index in [-0.39, 0.29) is 12.1 Å². The van der Waals surface area contributed by atoms with Gasteiger partial charge in [0.1, 0.15) is 0 Å². The Morgan fingerprint density at radius 1 is 1.40 bits per heavy atom. The molecule has 1 heterocycles. The third kappa shape index (κ3) is 2.84. The fraction of sp³-hybridized carbons (Fsp3) is 0.286. The summed E-state index contributed by atoms with van der Waals surface area (Å²) in [6.45, 7) is 2.97. The van der Waals surface area contributed by atoms with Crippen LogP contribution in [0.15, 0.2) is 30.6 Å². The van der Waals surface area contributed by atoms with Crippen LogP contribution in [-0.4, -0.2) is 27.6 Å². The third-order valence-electron chi connectivity index (χ3n) is 2.96. The van der Waals surface area contributed by atoms with E-state index in [1.54, 1.807) is 10.9 Å². The van der Waals surface area contributed by atoms with Crippen LogP contribution in [0.3, 0.4) is 0 Å². The Labute approximate surface area is 115 Å². The van der Waals surface area contributed by atoms with Gasteiger partial charge in [-0.2, -0.15) is 5.10 Å². The number of halogens is 2. The van der Waals surface area contributed by atoms with Gasteiger partial charge < -0.3 is 4.90 Å². The highest BCUT2D eigenvalue weighted by Crippen LogP contribution is 2.14. The van der Waals surface area contributed by atoms with Crippen LogP contribution in [0.25, 0.3) is 0 Å². The lowest BCUT2D eigenvalue weighted by molar-refractivity contribution is 0.0779. The van der Waals surface area contributed by atoms with Gasteiger partial charge >= 0.3 is 0 Å². The molecule has 1 aromatic heterocycles. The van der Waals surface area contributed by atoms with E-state index >= 15 is 0 Å². The van der Waals surface area contributed by atoms with Gasteiger partial charge in [-0.25, -0.2) is 8.78 Å². The van der Waals surface area contributed by atoms with E-state index in [9.17, 15) is 13.6 Å². The van der Waals surface area contributed by atoms with Gasteiger partial charge in [-0.3, -0.25) is 9.48 Å². The highest BCUT2D eigenvalue weighted by molar-refractivity contribution is 5.94. The molecule has 4 nitrogen and oxygen atoms in total. The van der Waals surface area contributed by atoms with Crippen molar-refractivity contribution in [2.24, 2.45) is 0 Å². The minimum Gasteiger partial charge on any atom is -0.337 e. The van der Waals surface area contributed by atoms with Crippen LogP contribution in [0, 0.1) is 11.6 Å². The number of hydrogen-bond acceptors (Lipinski definition) is 2. The molecule has 0 aliphatic rings. The molecule has 0 radical (unpaired) electrons. The molecular formula is C14H15F2N3O. The zero-order valence-electron chi connectivity index (χ0n) is 11.3. The highest BCUT2D eigenvalue weighted by atomic mass is 19.2. The van der Waals surface area contributed by atoms with Gasteiger partial charge in [-0.1, -0.05) is 6.07 Å². The largest absolute Gasteiger partial charge is 0.337 e. The van der Waals surface area contributed by atoms with Crippen LogP contribution in [0.5, 0.6) is 0 Å². The van der Waals surface area contributed by atoms with E-state index < -0.39 is 17.5 Å². The number of aromatic nitrogens is 2. The van der Waals surface area contributed by atoms with Crippen LogP contribution in [0.4, 0.5) is 8.78 Å². The van der Waals surface area contributed by atoms with Gasteiger partial charge in [0.15, 0.2) is 11.6 Å². The molecule has 6 heteroatoms. The lowest BCUT2D eigenvalue weighted by atomic mass is 10.1. The second kappa shape index (κ2) is 5.81. The molecule has 20 heavy (non-hydrogen) atoms. The maximum atomic E-state index is 13.6. The molecule has 0 fully saturated rings. The van der Waals surface area contributed by atoms with Gasteiger partial charge in [-0.15, -0.1) is 0 Å². The lowest BCUT2D eigenvalue weighted by Gasteiger charge is -2.16. The van der Waals surface area contributed by atoms with E-state index in [4.69, 9.17) is 0 Å². The lowest BCUT2D eigenvalue weighted by Crippen LogP contribution is -2.27. The molecule has 1 aromatic carbocycles. The molecule has 0 N–H and O–H groups in total. The fourth-order valence-corrected chi connectivity index (χ4v) is 1.88. The molecule has 0 spiro atoms. The Bertz CT molecular complexity index is 625. The highest BCUT2D eigenvalue weighted by Gasteiger charge is 2.19. The number of nitrogens with zero attached hydrogens (tertiary/aromatic N) is 3. The maximum absolute atomic E-state index is 13.6. The van der Waals surface area contributed by atoms with Crippen LogP contribution >= 0.6 is 0 Å². The molecule has 0 atom stereocenters. The van der Waals surface area contributed by atoms with Crippen molar-refractivity contribution >= 4 is 5.91 Å². The number of hydrogen-bond donors (Lipinski definition) is 0. The molecular weight excluding hydrogens is 264 g/mol. The summed E-state index contributed by atoms with van der Waals surface area (Å²) in [7, 11) is 1.54. The third-order valence-corrected chi connectivity index (χ3v) is 2.96. The Kier molecular flexibility index (Phi) is 4.12. The van der Waals surface area contributed by atoms with Gasteiger partial charge in [-0.05, 0) is 19.1 Å². The zero-order valence-corrected chi connectivity index (χ0v) is 11.3. The topological polar surface area (TPSA) is 38.1 Å². The maximum Gasteiger partial charge on any atom is 0.256 e. The van der Waals surface area contributed by atoms with Crippen molar-refractivity contribution in [1.29, 1.82) is 0 Å². The minimum atomic E-state index is -1.12. The average molecular weight is 279 g/mol. The number of aryl methyl sites for hydroxylation is 1. The van der Waals surface area contributed by atoms with Crippen molar-refractivity contribution in [2.75, 3.05) is 7.05 Å². The molecule has 0 saturated heterocycles. The number of rotatable bonds is 4. The Balaban J connectivity index is 2.14. The molecule has 0 aliphatic heterocycles. The van der Waals surface area contributed by atoms with Crippen LogP contribution in [0.1, 0.15) is 22.8 Å². The first-order valence-corrected chi connectivity index (χ1v) is 6.23. The second-order valence-electron chi connectivity index (χ2n) is 4.47. The second-order valence-corrected chi connectivity index (χ2v) is 4.47. The number of carbonyl (C=O) groups excluding carboxylic acids is 1. The predicted octanol–water partition coefficient (Wildman–Crippen LogP) is 2.45. The van der Waals surface area contributed by atoms with E-state index in [1.165, 1.54) is 24.1 Å². The van der Waals surface area contributed by atoms with Gasteiger partial charge in [0.25, 0.3) is 5.91 Å². The Morgan fingerprint density at radius 2 is 2.15 bits per heavy atom. The van der Waals surface area contributed by atoms with Crippen molar-refractivity contribution in [1.82, 2.24) is 14.7 Å². The van der Waals surface area contributed by atoms with Gasteiger partial charge in [0.2, 0.25) is 0 Å². The molecule has 0 unspecified atom stereocenters. The quantitative estimate of drug-likeness (QED) is 0.862. The van der Waals surface area contributed by atoms with E-state index in [2.05, 4.69) is 5.10 Å². The first-order valence-electron chi connectivity index (χ1n) is 6.23. The summed E-state index contributed by atoms with van der Waals surface area (Å²) in [6, 6.07) is 3.57. The molecule has 1 amide bonds. The molecule has 0 bridgehead atoms. The van der Waals surface area contributed by atoms with Crippen molar-refractivity contribution in [2.45, 2.75) is 20.0 Å². The smallest absolute Gasteiger partial charge is 0.256 e. The summed E-state index contributed by atoms with van der Waals surface area (Å²) in [5.41, 5.74) is 0.565.